The molecule has 2 heteroatoms. The van der Waals surface area contributed by atoms with Crippen LogP contribution in [0.2, 0.25) is 0 Å². The van der Waals surface area contributed by atoms with Crippen LogP contribution in [0.1, 0.15) is 69.2 Å². The second kappa shape index (κ2) is 6.41. The molecule has 0 bridgehead atoms. The quantitative estimate of drug-likeness (QED) is 0.758. The van der Waals surface area contributed by atoms with Crippen molar-refractivity contribution in [2.75, 3.05) is 6.54 Å². The summed E-state index contributed by atoms with van der Waals surface area (Å²) < 4.78 is 0. The first-order chi connectivity index (χ1) is 8.97. The van der Waals surface area contributed by atoms with Crippen molar-refractivity contribution in [3.63, 3.8) is 0 Å². The second-order valence-corrected chi connectivity index (χ2v) is 8.19. The van der Waals surface area contributed by atoms with Gasteiger partial charge in [0.25, 0.3) is 0 Å². The number of hydrogen-bond acceptors (Lipinski definition) is 2. The van der Waals surface area contributed by atoms with Crippen LogP contribution in [0.4, 0.5) is 0 Å². The lowest BCUT2D eigenvalue weighted by Gasteiger charge is -2.30. The molecule has 19 heavy (non-hydrogen) atoms. The molecule has 108 valence electrons. The Hall–Kier alpha value is -0.340. The first kappa shape index (κ1) is 15.1. The second-order valence-electron chi connectivity index (χ2n) is 7.07. The smallest absolute Gasteiger partial charge is 0.00966 e. The van der Waals surface area contributed by atoms with E-state index >= 15 is 0 Å². The molecule has 1 nitrogen and oxygen atoms in total. The van der Waals surface area contributed by atoms with Crippen LogP contribution in [0.25, 0.3) is 0 Å². The minimum Gasteiger partial charge on any atom is -0.312 e. The lowest BCUT2D eigenvalue weighted by Crippen LogP contribution is -2.40. The van der Waals surface area contributed by atoms with Crippen molar-refractivity contribution in [2.24, 2.45) is 5.92 Å². The summed E-state index contributed by atoms with van der Waals surface area (Å²) in [5.74, 6) is 1.60. The van der Waals surface area contributed by atoms with Gasteiger partial charge in [-0.15, -0.1) is 11.3 Å². The molecular weight excluding hydrogens is 250 g/mol. The first-order valence-corrected chi connectivity index (χ1v) is 8.64. The van der Waals surface area contributed by atoms with Crippen molar-refractivity contribution in [2.45, 2.75) is 71.3 Å². The third-order valence-electron chi connectivity index (χ3n) is 4.35. The van der Waals surface area contributed by atoms with Crippen LogP contribution in [0.15, 0.2) is 11.4 Å². The van der Waals surface area contributed by atoms with Gasteiger partial charge in [-0.25, -0.2) is 0 Å². The number of aryl methyl sites for hydroxylation is 1. The summed E-state index contributed by atoms with van der Waals surface area (Å²) in [4.78, 5) is 1.53. The van der Waals surface area contributed by atoms with Crippen LogP contribution in [-0.2, 0) is 0 Å². The molecule has 0 radical (unpaired) electrons. The Morgan fingerprint density at radius 1 is 1.21 bits per heavy atom. The highest BCUT2D eigenvalue weighted by atomic mass is 32.1. The van der Waals surface area contributed by atoms with Crippen LogP contribution < -0.4 is 5.32 Å². The third-order valence-corrected chi connectivity index (χ3v) is 5.21. The van der Waals surface area contributed by atoms with Crippen molar-refractivity contribution in [1.29, 1.82) is 0 Å². The van der Waals surface area contributed by atoms with Crippen molar-refractivity contribution in [1.82, 2.24) is 5.32 Å². The molecule has 2 rings (SSSR count). The zero-order chi connectivity index (χ0) is 13.9. The predicted molar refractivity (Wildman–Crippen MR) is 86.1 cm³/mol. The zero-order valence-corrected chi connectivity index (χ0v) is 13.8. The average molecular weight is 279 g/mol. The van der Waals surface area contributed by atoms with Crippen LogP contribution in [-0.4, -0.2) is 12.1 Å². The van der Waals surface area contributed by atoms with E-state index in [1.54, 1.807) is 5.56 Å². The summed E-state index contributed by atoms with van der Waals surface area (Å²) in [5, 5.41) is 6.00. The molecule has 0 spiro atoms. The topological polar surface area (TPSA) is 12.0 Å². The molecule has 0 aliphatic heterocycles. The summed E-state index contributed by atoms with van der Waals surface area (Å²) in [6, 6.07) is 2.38. The van der Waals surface area contributed by atoms with Gasteiger partial charge in [-0.05, 0) is 75.9 Å². The largest absolute Gasteiger partial charge is 0.312 e. The van der Waals surface area contributed by atoms with Crippen molar-refractivity contribution < 1.29 is 0 Å². The van der Waals surface area contributed by atoms with Gasteiger partial charge in [-0.1, -0.05) is 19.3 Å². The molecule has 2 atom stereocenters. The van der Waals surface area contributed by atoms with E-state index in [-0.39, 0.29) is 5.54 Å². The van der Waals surface area contributed by atoms with Crippen molar-refractivity contribution >= 4 is 11.3 Å². The third kappa shape index (κ3) is 4.32. The van der Waals surface area contributed by atoms with Gasteiger partial charge in [0, 0.05) is 10.4 Å². The van der Waals surface area contributed by atoms with Gasteiger partial charge in [0.2, 0.25) is 0 Å². The summed E-state index contributed by atoms with van der Waals surface area (Å²) in [6.45, 7) is 10.3. The molecule has 1 aliphatic carbocycles. The van der Waals surface area contributed by atoms with E-state index in [9.17, 15) is 0 Å². The highest BCUT2D eigenvalue weighted by Gasteiger charge is 2.27. The average Bonchev–Trinajstić information content (AvgIpc) is 2.62. The maximum absolute atomic E-state index is 3.73. The molecule has 1 N–H and O–H groups in total. The summed E-state index contributed by atoms with van der Waals surface area (Å²) in [5.41, 5.74) is 1.87. The standard InChI is InChI=1S/C17H29NS/c1-13-15(10-11-19-13)16-9-7-5-6-8-14(16)12-18-17(2,3)4/h10-11,14,16,18H,5-9,12H2,1-4H3. The molecule has 0 amide bonds. The molecule has 0 saturated heterocycles. The van der Waals surface area contributed by atoms with E-state index < -0.39 is 0 Å². The Bertz CT molecular complexity index is 388. The summed E-state index contributed by atoms with van der Waals surface area (Å²) >= 11 is 1.91. The fraction of sp³-hybridized carbons (Fsp3) is 0.765. The van der Waals surface area contributed by atoms with Gasteiger partial charge >= 0.3 is 0 Å². The highest BCUT2D eigenvalue weighted by molar-refractivity contribution is 7.10. The lowest BCUT2D eigenvalue weighted by molar-refractivity contribution is 0.322. The van der Waals surface area contributed by atoms with Crippen molar-refractivity contribution in [3.05, 3.63) is 21.9 Å². The fourth-order valence-corrected chi connectivity index (χ4v) is 4.03. The van der Waals surface area contributed by atoms with Crippen molar-refractivity contribution in [3.8, 4) is 0 Å². The van der Waals surface area contributed by atoms with E-state index in [1.165, 1.54) is 43.5 Å². The molecule has 1 aromatic rings. The Kier molecular flexibility index (Phi) is 5.08. The molecule has 1 saturated carbocycles. The SMILES string of the molecule is Cc1sccc1C1CCCCCC1CNC(C)(C)C. The van der Waals surface area contributed by atoms with Gasteiger partial charge in [0.1, 0.15) is 0 Å². The molecule has 1 aromatic heterocycles. The maximum Gasteiger partial charge on any atom is 0.00966 e. The van der Waals surface area contributed by atoms with Crippen LogP contribution in [0.3, 0.4) is 0 Å². The van der Waals surface area contributed by atoms with Crippen LogP contribution in [0, 0.1) is 12.8 Å². The van der Waals surface area contributed by atoms with E-state index in [2.05, 4.69) is 44.5 Å². The first-order valence-electron chi connectivity index (χ1n) is 7.76. The summed E-state index contributed by atoms with van der Waals surface area (Å²) in [6.07, 6.45) is 7.02. The Morgan fingerprint density at radius 3 is 2.58 bits per heavy atom. The fourth-order valence-electron chi connectivity index (χ4n) is 3.25. The monoisotopic (exact) mass is 279 g/mol. The van der Waals surface area contributed by atoms with E-state index in [1.807, 2.05) is 11.3 Å². The predicted octanol–water partition coefficient (Wildman–Crippen LogP) is 5.11. The minimum absolute atomic E-state index is 0.237. The number of rotatable bonds is 3. The van der Waals surface area contributed by atoms with E-state index in [0.29, 0.717) is 0 Å². The van der Waals surface area contributed by atoms with Gasteiger partial charge in [0.15, 0.2) is 0 Å². The Morgan fingerprint density at radius 2 is 1.95 bits per heavy atom. The van der Waals surface area contributed by atoms with Crippen LogP contribution in [0.5, 0.6) is 0 Å². The van der Waals surface area contributed by atoms with Gasteiger partial charge in [-0.3, -0.25) is 0 Å². The molecular formula is C17H29NS. The number of nitrogens with one attached hydrogen (secondary N) is 1. The van der Waals surface area contributed by atoms with E-state index in [4.69, 9.17) is 0 Å². The molecule has 2 unspecified atom stereocenters. The number of thiophene rings is 1. The minimum atomic E-state index is 0.237. The molecule has 1 heterocycles. The molecule has 0 aromatic carbocycles. The van der Waals surface area contributed by atoms with Gasteiger partial charge in [-0.2, -0.15) is 0 Å². The molecule has 1 fully saturated rings. The summed E-state index contributed by atoms with van der Waals surface area (Å²) in [7, 11) is 0. The molecule has 1 aliphatic rings. The van der Waals surface area contributed by atoms with Gasteiger partial charge < -0.3 is 5.32 Å². The van der Waals surface area contributed by atoms with Crippen LogP contribution >= 0.6 is 11.3 Å². The van der Waals surface area contributed by atoms with E-state index in [0.717, 1.165) is 11.8 Å². The zero-order valence-electron chi connectivity index (χ0n) is 13.0. The normalized spacial score (nSPS) is 25.3. The number of hydrogen-bond donors (Lipinski definition) is 1. The Balaban J connectivity index is 2.10. The van der Waals surface area contributed by atoms with Gasteiger partial charge in [0.05, 0.1) is 0 Å². The lowest BCUT2D eigenvalue weighted by atomic mass is 9.82. The maximum atomic E-state index is 3.73. The Labute approximate surface area is 122 Å². The highest BCUT2D eigenvalue weighted by Crippen LogP contribution is 2.39.